The van der Waals surface area contributed by atoms with Crippen LogP contribution in [0, 0.1) is 0 Å². The van der Waals surface area contributed by atoms with Gasteiger partial charge in [0.15, 0.2) is 0 Å². The van der Waals surface area contributed by atoms with Gasteiger partial charge >= 0.3 is 0 Å². The summed E-state index contributed by atoms with van der Waals surface area (Å²) in [6, 6.07) is 5.17. The van der Waals surface area contributed by atoms with E-state index in [0.717, 1.165) is 4.47 Å². The molecule has 3 N–H and O–H groups in total. The van der Waals surface area contributed by atoms with E-state index in [4.69, 9.17) is 15.2 Å². The van der Waals surface area contributed by atoms with Crippen LogP contribution in [0.3, 0.4) is 0 Å². The largest absolute Gasteiger partial charge is 0.398 e. The molecule has 0 spiro atoms. The van der Waals surface area contributed by atoms with E-state index in [-0.39, 0.29) is 12.0 Å². The minimum absolute atomic E-state index is 0.0839. The van der Waals surface area contributed by atoms with Gasteiger partial charge in [0.2, 0.25) is 0 Å². The van der Waals surface area contributed by atoms with Gasteiger partial charge in [0.05, 0.1) is 31.5 Å². The summed E-state index contributed by atoms with van der Waals surface area (Å²) in [4.78, 5) is 11.9. The number of benzene rings is 1. The van der Waals surface area contributed by atoms with Gasteiger partial charge in [0.25, 0.3) is 5.91 Å². The normalized spacial score (nSPS) is 19.5. The molecule has 1 heterocycles. The smallest absolute Gasteiger partial charge is 0.253 e. The average Bonchev–Trinajstić information content (AvgIpc) is 2.37. The van der Waals surface area contributed by atoms with Gasteiger partial charge < -0.3 is 20.5 Å². The second kappa shape index (κ2) is 6.17. The molecule has 0 aliphatic carbocycles. The number of nitrogens with two attached hydrogens (primary N) is 1. The molecule has 5 nitrogen and oxygen atoms in total. The zero-order valence-corrected chi connectivity index (χ0v) is 11.4. The number of halogens is 1. The Hall–Kier alpha value is -1.11. The summed E-state index contributed by atoms with van der Waals surface area (Å²) in [5, 5.41) is 2.79. The fourth-order valence-corrected chi connectivity index (χ4v) is 2.08. The van der Waals surface area contributed by atoms with Gasteiger partial charge in [0, 0.05) is 16.7 Å². The fraction of sp³-hybridized carbons (Fsp3) is 0.417. The van der Waals surface area contributed by atoms with Gasteiger partial charge in [-0.15, -0.1) is 0 Å². The average molecular weight is 315 g/mol. The molecule has 1 amide bonds. The lowest BCUT2D eigenvalue weighted by molar-refractivity contribution is -0.0855. The molecule has 0 radical (unpaired) electrons. The second-order valence-electron chi connectivity index (χ2n) is 4.01. The molecular formula is C12H15BrN2O3. The highest BCUT2D eigenvalue weighted by atomic mass is 79.9. The number of rotatable bonds is 3. The first kappa shape index (κ1) is 13.3. The number of hydrogen-bond acceptors (Lipinski definition) is 4. The Bertz CT molecular complexity index is 433. The van der Waals surface area contributed by atoms with Crippen molar-refractivity contribution in [1.82, 2.24) is 5.32 Å². The van der Waals surface area contributed by atoms with Gasteiger partial charge in [-0.3, -0.25) is 4.79 Å². The third-order valence-corrected chi connectivity index (χ3v) is 3.13. The molecular weight excluding hydrogens is 300 g/mol. The Morgan fingerprint density at radius 2 is 2.33 bits per heavy atom. The van der Waals surface area contributed by atoms with Crippen LogP contribution in [0.25, 0.3) is 0 Å². The molecule has 2 rings (SSSR count). The number of nitrogen functional groups attached to an aromatic ring is 1. The van der Waals surface area contributed by atoms with Crippen molar-refractivity contribution in [2.75, 3.05) is 32.1 Å². The Labute approximate surface area is 114 Å². The third-order valence-electron chi connectivity index (χ3n) is 2.63. The number of carbonyl (C=O) groups excluding carboxylic acids is 1. The molecule has 0 bridgehead atoms. The van der Waals surface area contributed by atoms with E-state index in [2.05, 4.69) is 21.2 Å². The summed E-state index contributed by atoms with van der Waals surface area (Å²) in [5.74, 6) is -0.200. The quantitative estimate of drug-likeness (QED) is 0.822. The van der Waals surface area contributed by atoms with E-state index in [1.54, 1.807) is 18.2 Å². The lowest BCUT2D eigenvalue weighted by Gasteiger charge is -2.23. The second-order valence-corrected chi connectivity index (χ2v) is 4.92. The Morgan fingerprint density at radius 3 is 3.00 bits per heavy atom. The van der Waals surface area contributed by atoms with Crippen LogP contribution in [0.4, 0.5) is 5.69 Å². The van der Waals surface area contributed by atoms with Crippen molar-refractivity contribution in [2.45, 2.75) is 6.10 Å². The highest BCUT2D eigenvalue weighted by molar-refractivity contribution is 9.10. The van der Waals surface area contributed by atoms with Crippen LogP contribution in [-0.4, -0.2) is 38.4 Å². The van der Waals surface area contributed by atoms with Gasteiger partial charge in [-0.1, -0.05) is 15.9 Å². The highest BCUT2D eigenvalue weighted by Gasteiger charge is 2.16. The van der Waals surface area contributed by atoms with Crippen molar-refractivity contribution >= 4 is 27.5 Å². The van der Waals surface area contributed by atoms with Crippen LogP contribution in [0.15, 0.2) is 22.7 Å². The Morgan fingerprint density at radius 1 is 1.50 bits per heavy atom. The molecule has 98 valence electrons. The number of amides is 1. The molecule has 0 saturated carbocycles. The first-order valence-corrected chi connectivity index (χ1v) is 6.48. The molecule has 1 aromatic carbocycles. The molecule has 1 aliphatic heterocycles. The monoisotopic (exact) mass is 314 g/mol. The van der Waals surface area contributed by atoms with E-state index in [1.165, 1.54) is 0 Å². The summed E-state index contributed by atoms with van der Waals surface area (Å²) in [7, 11) is 0. The van der Waals surface area contributed by atoms with Crippen LogP contribution in [0.2, 0.25) is 0 Å². The number of anilines is 1. The fourth-order valence-electron chi connectivity index (χ4n) is 1.70. The molecule has 1 unspecified atom stereocenters. The first-order chi connectivity index (χ1) is 8.66. The molecule has 1 fully saturated rings. The standard InChI is InChI=1S/C12H15BrN2O3/c13-8-1-2-10(11(14)5-8)12(16)15-6-9-7-17-3-4-18-9/h1-2,5,9H,3-4,6-7,14H2,(H,15,16). The SMILES string of the molecule is Nc1cc(Br)ccc1C(=O)NCC1COCCO1. The zero-order chi connectivity index (χ0) is 13.0. The van der Waals surface area contributed by atoms with E-state index in [0.29, 0.717) is 37.6 Å². The maximum Gasteiger partial charge on any atom is 0.253 e. The van der Waals surface area contributed by atoms with Crippen LogP contribution in [0.5, 0.6) is 0 Å². The van der Waals surface area contributed by atoms with Gasteiger partial charge in [-0.05, 0) is 18.2 Å². The number of ether oxygens (including phenoxy) is 2. The minimum atomic E-state index is -0.200. The molecule has 0 aromatic heterocycles. The van der Waals surface area contributed by atoms with Gasteiger partial charge in [-0.25, -0.2) is 0 Å². The summed E-state index contributed by atoms with van der Waals surface area (Å²) in [5.41, 5.74) is 6.70. The molecule has 1 saturated heterocycles. The lowest BCUT2D eigenvalue weighted by atomic mass is 10.1. The van der Waals surface area contributed by atoms with Gasteiger partial charge in [0.1, 0.15) is 0 Å². The Kier molecular flexibility index (Phi) is 4.57. The van der Waals surface area contributed by atoms with Crippen molar-refractivity contribution in [2.24, 2.45) is 0 Å². The summed E-state index contributed by atoms with van der Waals surface area (Å²) >= 11 is 3.30. The lowest BCUT2D eigenvalue weighted by Crippen LogP contribution is -2.39. The molecule has 1 aliphatic rings. The van der Waals surface area contributed by atoms with Gasteiger partial charge in [-0.2, -0.15) is 0 Å². The van der Waals surface area contributed by atoms with Crippen LogP contribution >= 0.6 is 15.9 Å². The van der Waals surface area contributed by atoms with Crippen LogP contribution in [-0.2, 0) is 9.47 Å². The molecule has 6 heteroatoms. The topological polar surface area (TPSA) is 73.6 Å². The van der Waals surface area contributed by atoms with Crippen molar-refractivity contribution in [3.8, 4) is 0 Å². The summed E-state index contributed by atoms with van der Waals surface area (Å²) in [6.45, 7) is 2.12. The molecule has 18 heavy (non-hydrogen) atoms. The van der Waals surface area contributed by atoms with Crippen molar-refractivity contribution in [3.05, 3.63) is 28.2 Å². The van der Waals surface area contributed by atoms with Crippen LogP contribution < -0.4 is 11.1 Å². The number of carbonyl (C=O) groups is 1. The van der Waals surface area contributed by atoms with Crippen molar-refractivity contribution in [1.29, 1.82) is 0 Å². The maximum absolute atomic E-state index is 11.9. The third kappa shape index (κ3) is 3.44. The van der Waals surface area contributed by atoms with E-state index < -0.39 is 0 Å². The zero-order valence-electron chi connectivity index (χ0n) is 9.82. The van der Waals surface area contributed by atoms with Crippen molar-refractivity contribution in [3.63, 3.8) is 0 Å². The van der Waals surface area contributed by atoms with Crippen molar-refractivity contribution < 1.29 is 14.3 Å². The maximum atomic E-state index is 11.9. The first-order valence-electron chi connectivity index (χ1n) is 5.69. The predicted molar refractivity (Wildman–Crippen MR) is 71.4 cm³/mol. The van der Waals surface area contributed by atoms with E-state index in [1.807, 2.05) is 0 Å². The summed E-state index contributed by atoms with van der Waals surface area (Å²) in [6.07, 6.45) is -0.0839. The van der Waals surface area contributed by atoms with E-state index in [9.17, 15) is 4.79 Å². The van der Waals surface area contributed by atoms with Crippen LogP contribution in [0.1, 0.15) is 10.4 Å². The highest BCUT2D eigenvalue weighted by Crippen LogP contribution is 2.18. The minimum Gasteiger partial charge on any atom is -0.398 e. The summed E-state index contributed by atoms with van der Waals surface area (Å²) < 4.78 is 11.5. The number of nitrogens with one attached hydrogen (secondary N) is 1. The van der Waals surface area contributed by atoms with E-state index >= 15 is 0 Å². The molecule has 1 atom stereocenters. The Balaban J connectivity index is 1.90. The molecule has 1 aromatic rings. The predicted octanol–water partition coefficient (Wildman–Crippen LogP) is 1.18. The number of hydrogen-bond donors (Lipinski definition) is 2.